The molecule has 0 radical (unpaired) electrons. The second-order valence-corrected chi connectivity index (χ2v) is 2.96. The van der Waals surface area contributed by atoms with E-state index in [9.17, 15) is 0 Å². The van der Waals surface area contributed by atoms with Crippen molar-refractivity contribution in [1.29, 1.82) is 0 Å². The summed E-state index contributed by atoms with van der Waals surface area (Å²) >= 11 is 0. The fourth-order valence-electron chi connectivity index (χ4n) is 1.13. The van der Waals surface area contributed by atoms with Crippen LogP contribution in [0.3, 0.4) is 0 Å². The summed E-state index contributed by atoms with van der Waals surface area (Å²) in [5.74, 6) is 5.60. The van der Waals surface area contributed by atoms with Crippen LogP contribution >= 0.6 is 0 Å². The zero-order chi connectivity index (χ0) is 11.1. The first-order valence-electron chi connectivity index (χ1n) is 4.62. The van der Waals surface area contributed by atoms with Crippen LogP contribution in [0.2, 0.25) is 0 Å². The highest BCUT2D eigenvalue weighted by Crippen LogP contribution is 2.09. The maximum atomic E-state index is 8.55. The summed E-state index contributed by atoms with van der Waals surface area (Å²) in [6.07, 6.45) is 0. The molecule has 0 saturated heterocycles. The standard InChI is InChI=1S/C10H14N4O/c1-8-4-2-3-5-9(8)10(13-11)14-12-6-7-15/h2-5,15H,6-7,11H2,1H3. The number of hydrogen-bond donors (Lipinski definition) is 2. The van der Waals surface area contributed by atoms with Gasteiger partial charge in [0.2, 0.25) is 0 Å². The van der Waals surface area contributed by atoms with Gasteiger partial charge in [0.25, 0.3) is 0 Å². The van der Waals surface area contributed by atoms with E-state index in [2.05, 4.69) is 15.3 Å². The monoisotopic (exact) mass is 206 g/mol. The Morgan fingerprint density at radius 1 is 1.40 bits per heavy atom. The van der Waals surface area contributed by atoms with E-state index in [0.29, 0.717) is 5.84 Å². The minimum absolute atomic E-state index is 0.0326. The van der Waals surface area contributed by atoms with Gasteiger partial charge in [0.15, 0.2) is 5.84 Å². The minimum atomic E-state index is -0.0326. The maximum Gasteiger partial charge on any atom is 0.200 e. The molecule has 0 saturated carbocycles. The predicted molar refractivity (Wildman–Crippen MR) is 58.7 cm³/mol. The molecule has 0 aromatic heterocycles. The molecule has 3 N–H and O–H groups in total. The van der Waals surface area contributed by atoms with Crippen molar-refractivity contribution in [3.63, 3.8) is 0 Å². The summed E-state index contributed by atoms with van der Waals surface area (Å²) in [7, 11) is 0. The fourth-order valence-corrected chi connectivity index (χ4v) is 1.13. The lowest BCUT2D eigenvalue weighted by atomic mass is 10.1. The Bertz CT molecular complexity index is 373. The van der Waals surface area contributed by atoms with Gasteiger partial charge in [-0.3, -0.25) is 0 Å². The summed E-state index contributed by atoms with van der Waals surface area (Å²) < 4.78 is 0. The Kier molecular flexibility index (Phi) is 4.43. The second-order valence-electron chi connectivity index (χ2n) is 2.96. The average molecular weight is 206 g/mol. The smallest absolute Gasteiger partial charge is 0.200 e. The first-order chi connectivity index (χ1) is 7.29. The molecular formula is C10H14N4O. The third-order valence-electron chi connectivity index (χ3n) is 1.87. The lowest BCUT2D eigenvalue weighted by Gasteiger charge is -2.02. The van der Waals surface area contributed by atoms with Crippen LogP contribution < -0.4 is 5.84 Å². The van der Waals surface area contributed by atoms with Crippen molar-refractivity contribution in [3.05, 3.63) is 35.4 Å². The molecule has 80 valence electrons. The molecular weight excluding hydrogens is 192 g/mol. The molecule has 0 fully saturated rings. The molecule has 0 aliphatic rings. The van der Waals surface area contributed by atoms with Crippen LogP contribution in [0.25, 0.3) is 0 Å². The summed E-state index contributed by atoms with van der Waals surface area (Å²) in [5.41, 5.74) is 1.88. The predicted octanol–water partition coefficient (Wildman–Crippen LogP) is 1.06. The van der Waals surface area contributed by atoms with Crippen molar-refractivity contribution in [2.24, 2.45) is 21.2 Å². The first-order valence-corrected chi connectivity index (χ1v) is 4.62. The van der Waals surface area contributed by atoms with E-state index in [-0.39, 0.29) is 13.2 Å². The maximum absolute atomic E-state index is 8.55. The SMILES string of the molecule is Cc1ccccc1C(N=NCCO)=NN. The zero-order valence-corrected chi connectivity index (χ0v) is 8.59. The number of hydrogen-bond acceptors (Lipinski definition) is 4. The van der Waals surface area contributed by atoms with Gasteiger partial charge in [0.05, 0.1) is 13.2 Å². The van der Waals surface area contributed by atoms with Gasteiger partial charge in [0.1, 0.15) is 0 Å². The topological polar surface area (TPSA) is 83.3 Å². The Hall–Kier alpha value is -1.75. The molecule has 0 amide bonds. The number of rotatable bonds is 3. The van der Waals surface area contributed by atoms with E-state index >= 15 is 0 Å². The van der Waals surface area contributed by atoms with Gasteiger partial charge in [-0.2, -0.15) is 10.2 Å². The Morgan fingerprint density at radius 2 is 2.13 bits per heavy atom. The Morgan fingerprint density at radius 3 is 2.73 bits per heavy atom. The fraction of sp³-hybridized carbons (Fsp3) is 0.300. The number of azo groups is 1. The second kappa shape index (κ2) is 5.87. The van der Waals surface area contributed by atoms with Gasteiger partial charge < -0.3 is 10.9 Å². The van der Waals surface area contributed by atoms with Crippen molar-refractivity contribution in [1.82, 2.24) is 0 Å². The largest absolute Gasteiger partial charge is 0.394 e. The van der Waals surface area contributed by atoms with Gasteiger partial charge in [-0.15, -0.1) is 5.11 Å². The zero-order valence-electron chi connectivity index (χ0n) is 8.59. The summed E-state index contributed by atoms with van der Waals surface area (Å²) in [6.45, 7) is 2.17. The number of aryl methyl sites for hydroxylation is 1. The number of hydrazone groups is 1. The molecule has 0 bridgehead atoms. The molecule has 0 aliphatic heterocycles. The van der Waals surface area contributed by atoms with Crippen molar-refractivity contribution in [3.8, 4) is 0 Å². The van der Waals surface area contributed by atoms with Crippen LogP contribution in [0, 0.1) is 6.92 Å². The molecule has 1 rings (SSSR count). The van der Waals surface area contributed by atoms with Gasteiger partial charge >= 0.3 is 0 Å². The number of aliphatic hydroxyl groups is 1. The van der Waals surface area contributed by atoms with E-state index in [4.69, 9.17) is 10.9 Å². The van der Waals surface area contributed by atoms with Crippen molar-refractivity contribution >= 4 is 5.84 Å². The van der Waals surface area contributed by atoms with E-state index < -0.39 is 0 Å². The highest BCUT2D eigenvalue weighted by Gasteiger charge is 2.04. The average Bonchev–Trinajstić information content (AvgIpc) is 2.26. The van der Waals surface area contributed by atoms with E-state index in [1.54, 1.807) is 0 Å². The summed E-state index contributed by atoms with van der Waals surface area (Å²) in [6, 6.07) is 7.63. The van der Waals surface area contributed by atoms with Gasteiger partial charge in [-0.25, -0.2) is 0 Å². The van der Waals surface area contributed by atoms with Crippen molar-refractivity contribution in [2.45, 2.75) is 6.92 Å². The molecule has 0 unspecified atom stereocenters. The van der Waals surface area contributed by atoms with Gasteiger partial charge in [0, 0.05) is 5.56 Å². The van der Waals surface area contributed by atoms with E-state index in [1.807, 2.05) is 31.2 Å². The van der Waals surface area contributed by atoms with E-state index in [0.717, 1.165) is 11.1 Å². The van der Waals surface area contributed by atoms with Crippen LogP contribution in [-0.2, 0) is 0 Å². The van der Waals surface area contributed by atoms with Crippen LogP contribution in [0.1, 0.15) is 11.1 Å². The number of nitrogens with two attached hydrogens (primary N) is 1. The molecule has 5 nitrogen and oxygen atoms in total. The van der Waals surface area contributed by atoms with E-state index in [1.165, 1.54) is 0 Å². The highest BCUT2D eigenvalue weighted by molar-refractivity contribution is 6.00. The molecule has 0 heterocycles. The number of nitrogens with zero attached hydrogens (tertiary/aromatic N) is 3. The van der Waals surface area contributed by atoms with Crippen molar-refractivity contribution in [2.75, 3.05) is 13.2 Å². The molecule has 1 aromatic rings. The molecule has 1 aromatic carbocycles. The molecule has 0 spiro atoms. The van der Waals surface area contributed by atoms with Crippen LogP contribution in [0.4, 0.5) is 0 Å². The highest BCUT2D eigenvalue weighted by atomic mass is 16.3. The van der Waals surface area contributed by atoms with Gasteiger partial charge in [-0.1, -0.05) is 24.3 Å². The van der Waals surface area contributed by atoms with Crippen LogP contribution in [-0.4, -0.2) is 24.1 Å². The van der Waals surface area contributed by atoms with Crippen LogP contribution in [0.5, 0.6) is 0 Å². The molecule has 5 heteroatoms. The lowest BCUT2D eigenvalue weighted by molar-refractivity contribution is 0.305. The quantitative estimate of drug-likeness (QED) is 0.255. The Balaban J connectivity index is 2.89. The molecule has 15 heavy (non-hydrogen) atoms. The number of aliphatic hydroxyl groups excluding tert-OH is 1. The first kappa shape index (κ1) is 11.3. The normalized spacial score (nSPS) is 12.3. The number of benzene rings is 1. The lowest BCUT2D eigenvalue weighted by Crippen LogP contribution is -2.03. The van der Waals surface area contributed by atoms with Gasteiger partial charge in [-0.05, 0) is 12.5 Å². The molecule has 0 atom stereocenters. The number of amidine groups is 1. The molecule has 0 aliphatic carbocycles. The van der Waals surface area contributed by atoms with Crippen LogP contribution in [0.15, 0.2) is 39.6 Å². The third kappa shape index (κ3) is 3.14. The third-order valence-corrected chi connectivity index (χ3v) is 1.87. The minimum Gasteiger partial charge on any atom is -0.394 e. The Labute approximate surface area is 88.3 Å². The summed E-state index contributed by atoms with van der Waals surface area (Å²) in [5, 5.41) is 19.7. The summed E-state index contributed by atoms with van der Waals surface area (Å²) in [4.78, 5) is 0. The van der Waals surface area contributed by atoms with Crippen molar-refractivity contribution < 1.29 is 5.11 Å².